The maximum absolute atomic E-state index is 12.0. The lowest BCUT2D eigenvalue weighted by Gasteiger charge is -2.37. The minimum Gasteiger partial charge on any atom is -0.357 e. The summed E-state index contributed by atoms with van der Waals surface area (Å²) >= 11 is 0. The van der Waals surface area contributed by atoms with Gasteiger partial charge < -0.3 is 15.5 Å². The monoisotopic (exact) mass is 273 g/mol. The molecule has 1 amide bonds. The Bertz CT molecular complexity index is 563. The molecular weight excluding hydrogens is 254 g/mol. The highest BCUT2D eigenvalue weighted by molar-refractivity contribution is 5.86. The number of nitriles is 1. The van der Waals surface area contributed by atoms with Gasteiger partial charge in [-0.3, -0.25) is 9.78 Å². The molecule has 1 aromatic heterocycles. The van der Waals surface area contributed by atoms with E-state index in [2.05, 4.69) is 21.7 Å². The normalized spacial score (nSPS) is 18.5. The number of pyridine rings is 1. The third-order valence-corrected chi connectivity index (χ3v) is 3.52. The van der Waals surface area contributed by atoms with Gasteiger partial charge in [0.1, 0.15) is 12.1 Å². The average molecular weight is 273 g/mol. The molecule has 1 atom stereocenters. The summed E-state index contributed by atoms with van der Waals surface area (Å²) in [6, 6.07) is 3.79. The second kappa shape index (κ2) is 5.88. The zero-order valence-corrected chi connectivity index (χ0v) is 12.0. The summed E-state index contributed by atoms with van der Waals surface area (Å²) < 4.78 is 0. The number of carbonyl (C=O) groups is 1. The topological polar surface area (TPSA) is 81.1 Å². The first kappa shape index (κ1) is 14.3. The van der Waals surface area contributed by atoms with Gasteiger partial charge in [0, 0.05) is 32.4 Å². The van der Waals surface area contributed by atoms with Gasteiger partial charge in [-0.25, -0.2) is 0 Å². The smallest absolute Gasteiger partial charge is 0.243 e. The molecule has 2 N–H and O–H groups in total. The van der Waals surface area contributed by atoms with Crippen LogP contribution in [-0.2, 0) is 4.79 Å². The molecule has 1 saturated heterocycles. The van der Waals surface area contributed by atoms with Crippen LogP contribution in [0.3, 0.4) is 0 Å². The van der Waals surface area contributed by atoms with E-state index in [9.17, 15) is 10.1 Å². The molecule has 1 aromatic rings. The van der Waals surface area contributed by atoms with Crippen molar-refractivity contribution in [1.29, 1.82) is 5.26 Å². The number of likely N-dealkylation sites (N-methyl/N-ethyl adjacent to an activating group) is 1. The third-order valence-electron chi connectivity index (χ3n) is 3.52. The number of nitrogens with one attached hydrogen (secondary N) is 2. The van der Waals surface area contributed by atoms with E-state index < -0.39 is 0 Å². The van der Waals surface area contributed by atoms with Gasteiger partial charge >= 0.3 is 0 Å². The third kappa shape index (κ3) is 2.58. The van der Waals surface area contributed by atoms with Crippen molar-refractivity contribution in [1.82, 2.24) is 15.6 Å². The number of nitrogens with zero attached hydrogens (tertiary/aromatic N) is 3. The van der Waals surface area contributed by atoms with E-state index in [0.29, 0.717) is 24.3 Å². The molecule has 6 nitrogen and oxygen atoms in total. The largest absolute Gasteiger partial charge is 0.357 e. The lowest BCUT2D eigenvalue weighted by molar-refractivity contribution is -0.122. The molecule has 106 valence electrons. The fourth-order valence-corrected chi connectivity index (χ4v) is 2.57. The second-order valence-corrected chi connectivity index (χ2v) is 4.88. The van der Waals surface area contributed by atoms with Crippen LogP contribution in [-0.4, -0.2) is 43.6 Å². The van der Waals surface area contributed by atoms with Crippen molar-refractivity contribution >= 4 is 11.6 Å². The summed E-state index contributed by atoms with van der Waals surface area (Å²) in [7, 11) is 1.63. The molecule has 2 heterocycles. The van der Waals surface area contributed by atoms with Gasteiger partial charge in [0.15, 0.2) is 0 Å². The number of anilines is 1. The van der Waals surface area contributed by atoms with Crippen molar-refractivity contribution in [2.75, 3.05) is 31.6 Å². The molecule has 1 aliphatic rings. The first-order chi connectivity index (χ1) is 9.58. The molecule has 2 rings (SSSR count). The molecule has 0 aromatic carbocycles. The van der Waals surface area contributed by atoms with E-state index in [-0.39, 0.29) is 11.9 Å². The molecule has 0 saturated carbocycles. The molecular formula is C14H19N5O. The lowest BCUT2D eigenvalue weighted by Crippen LogP contribution is -2.58. The van der Waals surface area contributed by atoms with Crippen molar-refractivity contribution in [3.05, 3.63) is 23.0 Å². The summed E-state index contributed by atoms with van der Waals surface area (Å²) in [5.74, 6) is -0.0480. The van der Waals surface area contributed by atoms with E-state index >= 15 is 0 Å². The van der Waals surface area contributed by atoms with Gasteiger partial charge in [-0.15, -0.1) is 0 Å². The number of hydrogen-bond acceptors (Lipinski definition) is 5. The molecule has 20 heavy (non-hydrogen) atoms. The summed E-state index contributed by atoms with van der Waals surface area (Å²) in [5.41, 5.74) is 2.90. The van der Waals surface area contributed by atoms with Crippen molar-refractivity contribution in [2.24, 2.45) is 0 Å². The SMILES string of the molecule is CNC(=O)C1CNCCN1c1cc(C)nc(C)c1C#N. The highest BCUT2D eigenvalue weighted by Gasteiger charge is 2.30. The highest BCUT2D eigenvalue weighted by atomic mass is 16.2. The Balaban J connectivity index is 2.47. The summed E-state index contributed by atoms with van der Waals surface area (Å²) in [5, 5.41) is 15.3. The van der Waals surface area contributed by atoms with E-state index in [1.165, 1.54) is 0 Å². The number of carbonyl (C=O) groups excluding carboxylic acids is 1. The number of aromatic nitrogens is 1. The fourth-order valence-electron chi connectivity index (χ4n) is 2.57. The Kier molecular flexibility index (Phi) is 4.20. The zero-order valence-electron chi connectivity index (χ0n) is 12.0. The van der Waals surface area contributed by atoms with Gasteiger partial charge in [0.25, 0.3) is 0 Å². The van der Waals surface area contributed by atoms with Crippen molar-refractivity contribution in [3.63, 3.8) is 0 Å². The quantitative estimate of drug-likeness (QED) is 0.798. The number of rotatable bonds is 2. The minimum atomic E-state index is -0.304. The Labute approximate surface area is 118 Å². The lowest BCUT2D eigenvalue weighted by atomic mass is 10.1. The van der Waals surface area contributed by atoms with Crippen LogP contribution in [0, 0.1) is 25.2 Å². The number of hydrogen-bond donors (Lipinski definition) is 2. The summed E-state index contributed by atoms with van der Waals surface area (Å²) in [6.45, 7) is 5.78. The van der Waals surface area contributed by atoms with E-state index in [4.69, 9.17) is 0 Å². The van der Waals surface area contributed by atoms with Crippen molar-refractivity contribution in [2.45, 2.75) is 19.9 Å². The van der Waals surface area contributed by atoms with Crippen LogP contribution in [0.15, 0.2) is 6.07 Å². The van der Waals surface area contributed by atoms with Crippen molar-refractivity contribution in [3.8, 4) is 6.07 Å². The molecule has 0 spiro atoms. The Morgan fingerprint density at radius 3 is 3.00 bits per heavy atom. The highest BCUT2D eigenvalue weighted by Crippen LogP contribution is 2.25. The molecule has 1 aliphatic heterocycles. The molecule has 0 aliphatic carbocycles. The van der Waals surface area contributed by atoms with Crippen molar-refractivity contribution < 1.29 is 4.79 Å². The number of piperazine rings is 1. The first-order valence-electron chi connectivity index (χ1n) is 6.65. The summed E-state index contributed by atoms with van der Waals surface area (Å²) in [4.78, 5) is 18.3. The van der Waals surface area contributed by atoms with Gasteiger partial charge in [0.05, 0.1) is 16.9 Å². The molecule has 1 fully saturated rings. The van der Waals surface area contributed by atoms with Gasteiger partial charge in [-0.1, -0.05) is 0 Å². The minimum absolute atomic E-state index is 0.0480. The maximum Gasteiger partial charge on any atom is 0.243 e. The predicted molar refractivity (Wildman–Crippen MR) is 76.5 cm³/mol. The Morgan fingerprint density at radius 2 is 2.35 bits per heavy atom. The van der Waals surface area contributed by atoms with Crippen LogP contribution in [0.2, 0.25) is 0 Å². The fraction of sp³-hybridized carbons (Fsp3) is 0.500. The van der Waals surface area contributed by atoms with E-state index in [1.807, 2.05) is 24.8 Å². The Morgan fingerprint density at radius 1 is 1.60 bits per heavy atom. The van der Waals surface area contributed by atoms with Crippen LogP contribution in [0.5, 0.6) is 0 Å². The van der Waals surface area contributed by atoms with Gasteiger partial charge in [-0.05, 0) is 19.9 Å². The first-order valence-corrected chi connectivity index (χ1v) is 6.65. The van der Waals surface area contributed by atoms with Crippen LogP contribution < -0.4 is 15.5 Å². The van der Waals surface area contributed by atoms with Crippen LogP contribution >= 0.6 is 0 Å². The second-order valence-electron chi connectivity index (χ2n) is 4.88. The van der Waals surface area contributed by atoms with Crippen LogP contribution in [0.1, 0.15) is 17.0 Å². The summed E-state index contributed by atoms with van der Waals surface area (Å²) in [6.07, 6.45) is 0. The zero-order chi connectivity index (χ0) is 14.7. The van der Waals surface area contributed by atoms with E-state index in [0.717, 1.165) is 17.9 Å². The number of amides is 1. The molecule has 0 radical (unpaired) electrons. The Hall–Kier alpha value is -2.13. The van der Waals surface area contributed by atoms with Crippen LogP contribution in [0.4, 0.5) is 5.69 Å². The molecule has 0 bridgehead atoms. The maximum atomic E-state index is 12.0. The van der Waals surface area contributed by atoms with Gasteiger partial charge in [-0.2, -0.15) is 5.26 Å². The number of aryl methyl sites for hydroxylation is 2. The molecule has 6 heteroatoms. The molecule has 1 unspecified atom stereocenters. The average Bonchev–Trinajstić information content (AvgIpc) is 2.45. The van der Waals surface area contributed by atoms with Crippen LogP contribution in [0.25, 0.3) is 0 Å². The predicted octanol–water partition coefficient (Wildman–Crippen LogP) is 0.0943. The van der Waals surface area contributed by atoms with E-state index in [1.54, 1.807) is 7.05 Å². The van der Waals surface area contributed by atoms with Gasteiger partial charge in [0.2, 0.25) is 5.91 Å². The standard InChI is InChI=1S/C14H19N5O/c1-9-6-12(11(7-15)10(2)18-9)19-5-4-17-8-13(19)14(20)16-3/h6,13,17H,4-5,8H2,1-3H3,(H,16,20).